The van der Waals surface area contributed by atoms with Crippen molar-refractivity contribution < 1.29 is 14.7 Å². The summed E-state index contributed by atoms with van der Waals surface area (Å²) in [5.41, 5.74) is -0.123. The topological polar surface area (TPSA) is 82.0 Å². The van der Waals surface area contributed by atoms with Gasteiger partial charge in [0.25, 0.3) is 5.91 Å². The smallest absolute Gasteiger partial charge is 0.331 e. The number of carbonyl (C=O) groups excluding carboxylic acids is 1. The van der Waals surface area contributed by atoms with Gasteiger partial charge in [-0.2, -0.15) is 0 Å². The highest BCUT2D eigenvalue weighted by atomic mass is 16.4. The first-order valence-electron chi connectivity index (χ1n) is 8.59. The Balaban J connectivity index is 0.000000640. The average Bonchev–Trinajstić information content (AvgIpc) is 2.85. The van der Waals surface area contributed by atoms with Gasteiger partial charge in [-0.25, -0.2) is 4.79 Å². The van der Waals surface area contributed by atoms with Crippen LogP contribution in [0, 0.1) is 5.92 Å². The zero-order valence-corrected chi connectivity index (χ0v) is 16.4. The molecule has 0 aliphatic carbocycles. The molecular weight excluding hydrogens is 306 g/mol. The first-order valence-corrected chi connectivity index (χ1v) is 8.59. The third kappa shape index (κ3) is 5.44. The Hall–Kier alpha value is -1.69. The van der Waals surface area contributed by atoms with Crippen molar-refractivity contribution in [1.82, 2.24) is 10.2 Å². The number of carboxylic acid groups (broad SMARTS) is 1. The Morgan fingerprint density at radius 3 is 1.92 bits per heavy atom. The molecule has 0 saturated carbocycles. The standard InChI is InChI=1S/C12H18N2O3.C6H15N/c1-6(2)12(5)11(17)13-9(14-12)7(3)8(4)10(15)16;1-4-7(5-2)6-3/h6H,1-5H3,(H,15,16)(H,13,14,17);4-6H2,1-3H3. The normalized spacial score (nSPS) is 21.1. The highest BCUT2D eigenvalue weighted by Gasteiger charge is 2.42. The van der Waals surface area contributed by atoms with Crippen LogP contribution in [0.15, 0.2) is 16.1 Å². The Labute approximate surface area is 146 Å². The number of aliphatic imine (C=N–C) groups is 1. The molecule has 1 unspecified atom stereocenters. The van der Waals surface area contributed by atoms with E-state index in [9.17, 15) is 9.59 Å². The summed E-state index contributed by atoms with van der Waals surface area (Å²) in [4.78, 5) is 29.4. The molecule has 6 nitrogen and oxygen atoms in total. The predicted molar refractivity (Wildman–Crippen MR) is 98.3 cm³/mol. The number of rotatable bonds is 6. The van der Waals surface area contributed by atoms with Gasteiger partial charge >= 0.3 is 5.97 Å². The van der Waals surface area contributed by atoms with Crippen LogP contribution in [0.5, 0.6) is 0 Å². The highest BCUT2D eigenvalue weighted by molar-refractivity contribution is 6.16. The van der Waals surface area contributed by atoms with Crippen LogP contribution in [0.2, 0.25) is 0 Å². The maximum absolute atomic E-state index is 11.8. The number of carboxylic acids is 1. The second kappa shape index (κ2) is 9.57. The first-order chi connectivity index (χ1) is 11.0. The number of hydrogen-bond donors (Lipinski definition) is 2. The number of nitrogens with one attached hydrogen (secondary N) is 1. The van der Waals surface area contributed by atoms with Gasteiger partial charge in [0.15, 0.2) is 0 Å². The molecule has 1 aliphatic rings. The molecule has 0 bridgehead atoms. The van der Waals surface area contributed by atoms with Crippen LogP contribution in [-0.4, -0.2) is 52.9 Å². The summed E-state index contributed by atoms with van der Waals surface area (Å²) in [6, 6.07) is 0. The predicted octanol–water partition coefficient (Wildman–Crippen LogP) is 2.70. The molecule has 1 atom stereocenters. The summed E-state index contributed by atoms with van der Waals surface area (Å²) in [6.07, 6.45) is 0. The molecule has 1 amide bonds. The van der Waals surface area contributed by atoms with Crippen molar-refractivity contribution in [2.75, 3.05) is 19.6 Å². The van der Waals surface area contributed by atoms with Crippen LogP contribution in [0.4, 0.5) is 0 Å². The fourth-order valence-electron chi connectivity index (χ4n) is 2.12. The van der Waals surface area contributed by atoms with E-state index in [4.69, 9.17) is 5.11 Å². The molecule has 0 saturated heterocycles. The van der Waals surface area contributed by atoms with Crippen molar-refractivity contribution in [2.24, 2.45) is 10.9 Å². The van der Waals surface area contributed by atoms with Crippen molar-refractivity contribution in [1.29, 1.82) is 0 Å². The van der Waals surface area contributed by atoms with E-state index >= 15 is 0 Å². The van der Waals surface area contributed by atoms with Gasteiger partial charge in [-0.1, -0.05) is 34.6 Å². The molecule has 0 aromatic heterocycles. The number of nitrogens with zero attached hydrogens (tertiary/aromatic N) is 2. The monoisotopic (exact) mass is 339 g/mol. The summed E-state index contributed by atoms with van der Waals surface area (Å²) in [7, 11) is 0. The van der Waals surface area contributed by atoms with E-state index in [1.165, 1.54) is 26.6 Å². The maximum atomic E-state index is 11.8. The Bertz CT molecular complexity index is 514. The largest absolute Gasteiger partial charge is 0.478 e. The Morgan fingerprint density at radius 1 is 1.21 bits per heavy atom. The SMILES string of the molecule is CC(C(=O)O)=C(C)C1=NC(C)(C(C)C)C(=O)N1.CCN(CC)CC. The summed E-state index contributed by atoms with van der Waals surface area (Å²) in [5, 5.41) is 11.5. The van der Waals surface area contributed by atoms with Crippen molar-refractivity contribution in [3.05, 3.63) is 11.1 Å². The average molecular weight is 339 g/mol. The molecule has 2 N–H and O–H groups in total. The fourth-order valence-corrected chi connectivity index (χ4v) is 2.12. The van der Waals surface area contributed by atoms with Crippen LogP contribution in [-0.2, 0) is 9.59 Å². The quantitative estimate of drug-likeness (QED) is 0.729. The lowest BCUT2D eigenvalue weighted by molar-refractivity contribution is -0.132. The molecule has 0 spiro atoms. The van der Waals surface area contributed by atoms with Crippen molar-refractivity contribution in [3.63, 3.8) is 0 Å². The van der Waals surface area contributed by atoms with Crippen molar-refractivity contribution >= 4 is 17.7 Å². The molecule has 138 valence electrons. The summed E-state index contributed by atoms with van der Waals surface area (Å²) < 4.78 is 0. The minimum atomic E-state index is -1.00. The molecule has 0 fully saturated rings. The van der Waals surface area contributed by atoms with E-state index in [2.05, 4.69) is 36.0 Å². The number of aliphatic carboxylic acids is 1. The molecule has 0 aromatic carbocycles. The molecule has 0 aromatic rings. The van der Waals surface area contributed by atoms with Gasteiger partial charge in [0.1, 0.15) is 11.4 Å². The van der Waals surface area contributed by atoms with Gasteiger partial charge in [0, 0.05) is 11.1 Å². The molecule has 1 aliphatic heterocycles. The van der Waals surface area contributed by atoms with Gasteiger partial charge in [0.2, 0.25) is 0 Å². The molecule has 24 heavy (non-hydrogen) atoms. The molecule has 6 heteroatoms. The molecule has 1 heterocycles. The summed E-state index contributed by atoms with van der Waals surface area (Å²) in [6.45, 7) is 18.8. The lowest BCUT2D eigenvalue weighted by atomic mass is 9.89. The van der Waals surface area contributed by atoms with Crippen LogP contribution in [0.1, 0.15) is 55.4 Å². The van der Waals surface area contributed by atoms with Gasteiger partial charge < -0.3 is 15.3 Å². The molecule has 1 rings (SSSR count). The summed E-state index contributed by atoms with van der Waals surface area (Å²) >= 11 is 0. The molecular formula is C18H33N3O3. The third-order valence-corrected chi connectivity index (χ3v) is 4.74. The van der Waals surface area contributed by atoms with Crippen LogP contribution in [0.25, 0.3) is 0 Å². The first kappa shape index (κ1) is 22.3. The van der Waals surface area contributed by atoms with E-state index in [-0.39, 0.29) is 17.4 Å². The zero-order chi connectivity index (χ0) is 19.1. The van der Waals surface area contributed by atoms with Crippen LogP contribution < -0.4 is 5.32 Å². The number of amidine groups is 1. The Kier molecular flexibility index (Phi) is 8.89. The van der Waals surface area contributed by atoms with Crippen LogP contribution in [0.3, 0.4) is 0 Å². The van der Waals surface area contributed by atoms with E-state index in [1.54, 1.807) is 13.8 Å². The lowest BCUT2D eigenvalue weighted by Gasteiger charge is -2.21. The molecule has 0 radical (unpaired) electrons. The highest BCUT2D eigenvalue weighted by Crippen LogP contribution is 2.27. The second-order valence-electron chi connectivity index (χ2n) is 6.39. The summed E-state index contributed by atoms with van der Waals surface area (Å²) in [5.74, 6) is -0.762. The van der Waals surface area contributed by atoms with Gasteiger partial charge in [-0.3, -0.25) is 9.79 Å². The van der Waals surface area contributed by atoms with Gasteiger partial charge in [-0.05, 0) is 46.3 Å². The van der Waals surface area contributed by atoms with E-state index in [0.717, 1.165) is 0 Å². The second-order valence-corrected chi connectivity index (χ2v) is 6.39. The minimum Gasteiger partial charge on any atom is -0.478 e. The van der Waals surface area contributed by atoms with Crippen LogP contribution >= 0.6 is 0 Å². The van der Waals surface area contributed by atoms with Crippen molar-refractivity contribution in [2.45, 2.75) is 60.9 Å². The zero-order valence-electron chi connectivity index (χ0n) is 16.4. The number of hydrogen-bond acceptors (Lipinski definition) is 4. The van der Waals surface area contributed by atoms with E-state index < -0.39 is 11.5 Å². The van der Waals surface area contributed by atoms with E-state index in [1.807, 2.05) is 13.8 Å². The minimum absolute atomic E-state index is 0.0536. The Morgan fingerprint density at radius 2 is 1.67 bits per heavy atom. The fraction of sp³-hybridized carbons (Fsp3) is 0.722. The lowest BCUT2D eigenvalue weighted by Crippen LogP contribution is -2.41. The van der Waals surface area contributed by atoms with Gasteiger partial charge in [-0.15, -0.1) is 0 Å². The van der Waals surface area contributed by atoms with E-state index in [0.29, 0.717) is 11.4 Å². The number of carbonyl (C=O) groups is 2. The van der Waals surface area contributed by atoms with Crippen molar-refractivity contribution in [3.8, 4) is 0 Å². The third-order valence-electron chi connectivity index (χ3n) is 4.74. The number of amides is 1. The van der Waals surface area contributed by atoms with Gasteiger partial charge in [0.05, 0.1) is 0 Å². The maximum Gasteiger partial charge on any atom is 0.331 e.